The van der Waals surface area contributed by atoms with Crippen molar-refractivity contribution in [1.82, 2.24) is 0 Å². The second-order valence-corrected chi connectivity index (χ2v) is 9.17. The molecule has 6 aromatic rings. The van der Waals surface area contributed by atoms with Crippen molar-refractivity contribution >= 4 is 27.8 Å². The van der Waals surface area contributed by atoms with Crippen LogP contribution in [0.1, 0.15) is 0 Å². The predicted molar refractivity (Wildman–Crippen MR) is 150 cm³/mol. The number of hydrogen-bond acceptors (Lipinski definition) is 2. The van der Waals surface area contributed by atoms with E-state index in [9.17, 15) is 4.39 Å². The van der Waals surface area contributed by atoms with Gasteiger partial charge in [0.1, 0.15) is 17.3 Å². The van der Waals surface area contributed by atoms with Gasteiger partial charge in [-0.05, 0) is 76.7 Å². The zero-order chi connectivity index (χ0) is 24.8. The number of halogens is 1. The van der Waals surface area contributed by atoms with Gasteiger partial charge in [-0.2, -0.15) is 0 Å². The Morgan fingerprint density at radius 1 is 0.486 bits per heavy atom. The number of rotatable bonds is 4. The highest BCUT2D eigenvalue weighted by Gasteiger charge is 2.22. The van der Waals surface area contributed by atoms with E-state index in [1.165, 1.54) is 23.1 Å². The second kappa shape index (κ2) is 8.65. The van der Waals surface area contributed by atoms with Crippen molar-refractivity contribution in [3.05, 3.63) is 139 Å². The van der Waals surface area contributed by atoms with Crippen LogP contribution in [0.25, 0.3) is 33.0 Å². The van der Waals surface area contributed by atoms with Crippen LogP contribution in [0.5, 0.6) is 11.5 Å². The average Bonchev–Trinajstić information content (AvgIpc) is 2.95. The number of hydrogen-bond donors (Lipinski definition) is 0. The van der Waals surface area contributed by atoms with Gasteiger partial charge < -0.3 is 9.64 Å². The van der Waals surface area contributed by atoms with Crippen LogP contribution < -0.4 is 9.64 Å². The fourth-order valence-electron chi connectivity index (χ4n) is 5.16. The van der Waals surface area contributed by atoms with Crippen LogP contribution in [0.15, 0.2) is 133 Å². The van der Waals surface area contributed by atoms with Crippen molar-refractivity contribution in [1.29, 1.82) is 0 Å². The third-order valence-electron chi connectivity index (χ3n) is 6.92. The number of nitrogens with zero attached hydrogens (tertiary/aromatic N) is 1. The molecule has 0 fully saturated rings. The van der Waals surface area contributed by atoms with Gasteiger partial charge in [-0.15, -0.1) is 0 Å². The molecule has 1 aliphatic heterocycles. The van der Waals surface area contributed by atoms with E-state index in [0.717, 1.165) is 50.6 Å². The Bertz CT molecular complexity index is 1740. The lowest BCUT2D eigenvalue weighted by Gasteiger charge is -2.28. The van der Waals surface area contributed by atoms with Crippen molar-refractivity contribution in [3.8, 4) is 33.8 Å². The molecular formula is C34H22FNO. The highest BCUT2D eigenvalue weighted by molar-refractivity contribution is 6.04. The van der Waals surface area contributed by atoms with Crippen LogP contribution in [-0.4, -0.2) is 0 Å². The summed E-state index contributed by atoms with van der Waals surface area (Å²) in [6.45, 7) is 0. The molecule has 0 atom stereocenters. The summed E-state index contributed by atoms with van der Waals surface area (Å²) in [5.41, 5.74) is 7.38. The lowest BCUT2D eigenvalue weighted by Crippen LogP contribution is -2.10. The Morgan fingerprint density at radius 2 is 1.14 bits per heavy atom. The Labute approximate surface area is 214 Å². The SMILES string of the molecule is Fc1ccc(-c2ccc(N(c3ccccc3)c3ccc4c(c3)Oc3cccc5cccc-4c35)cc2)cc1. The molecule has 0 amide bonds. The third-order valence-corrected chi connectivity index (χ3v) is 6.92. The van der Waals surface area contributed by atoms with Gasteiger partial charge in [0.25, 0.3) is 0 Å². The van der Waals surface area contributed by atoms with Crippen molar-refractivity contribution < 1.29 is 9.13 Å². The zero-order valence-electron chi connectivity index (χ0n) is 19.9. The maximum atomic E-state index is 13.4. The lowest BCUT2D eigenvalue weighted by molar-refractivity contribution is 0.487. The molecular weight excluding hydrogens is 457 g/mol. The Hall–Kier alpha value is -4.89. The summed E-state index contributed by atoms with van der Waals surface area (Å²) >= 11 is 0. The lowest BCUT2D eigenvalue weighted by atomic mass is 9.94. The van der Waals surface area contributed by atoms with Crippen LogP contribution >= 0.6 is 0 Å². The van der Waals surface area contributed by atoms with Crippen LogP contribution in [0, 0.1) is 5.82 Å². The Morgan fingerprint density at radius 3 is 1.89 bits per heavy atom. The molecule has 0 N–H and O–H groups in total. The quantitative estimate of drug-likeness (QED) is 0.249. The Balaban J connectivity index is 1.33. The van der Waals surface area contributed by atoms with Crippen molar-refractivity contribution in [2.45, 2.75) is 0 Å². The number of anilines is 3. The molecule has 1 heterocycles. The van der Waals surface area contributed by atoms with Crippen LogP contribution in [-0.2, 0) is 0 Å². The molecule has 0 aliphatic carbocycles. The molecule has 37 heavy (non-hydrogen) atoms. The van der Waals surface area contributed by atoms with E-state index in [1.54, 1.807) is 12.1 Å². The minimum atomic E-state index is -0.232. The summed E-state index contributed by atoms with van der Waals surface area (Å²) in [5.74, 6) is 1.49. The highest BCUT2D eigenvalue weighted by atomic mass is 19.1. The van der Waals surface area contributed by atoms with Gasteiger partial charge in [-0.3, -0.25) is 0 Å². The molecule has 0 saturated carbocycles. The van der Waals surface area contributed by atoms with Crippen molar-refractivity contribution in [2.24, 2.45) is 0 Å². The van der Waals surface area contributed by atoms with Crippen LogP contribution in [0.2, 0.25) is 0 Å². The molecule has 0 bridgehead atoms. The summed E-state index contributed by atoms with van der Waals surface area (Å²) in [6.07, 6.45) is 0. The highest BCUT2D eigenvalue weighted by Crippen LogP contribution is 2.48. The average molecular weight is 480 g/mol. The van der Waals surface area contributed by atoms with Gasteiger partial charge in [0.05, 0.1) is 0 Å². The summed E-state index contributed by atoms with van der Waals surface area (Å²) < 4.78 is 19.8. The van der Waals surface area contributed by atoms with E-state index >= 15 is 0 Å². The number of fused-ring (bicyclic) bond motifs is 2. The van der Waals surface area contributed by atoms with Crippen molar-refractivity contribution in [2.75, 3.05) is 4.90 Å². The standard InChI is InChI=1S/C34H22FNO/c35-26-16-12-23(13-17-26)24-14-18-28(19-15-24)36(27-8-2-1-3-9-27)29-20-21-30-31-10-4-6-25-7-5-11-32(34(25)31)37-33(30)22-29/h1-22H. The minimum Gasteiger partial charge on any atom is -0.456 e. The van der Waals surface area contributed by atoms with Gasteiger partial charge >= 0.3 is 0 Å². The first-order valence-corrected chi connectivity index (χ1v) is 12.3. The first-order chi connectivity index (χ1) is 18.2. The van der Waals surface area contributed by atoms with E-state index in [1.807, 2.05) is 30.3 Å². The molecule has 176 valence electrons. The molecule has 1 aliphatic rings. The van der Waals surface area contributed by atoms with Gasteiger partial charge in [-0.25, -0.2) is 4.39 Å². The van der Waals surface area contributed by atoms with Gasteiger partial charge in [0, 0.05) is 34.1 Å². The van der Waals surface area contributed by atoms with Gasteiger partial charge in [0.2, 0.25) is 0 Å². The summed E-state index contributed by atoms with van der Waals surface area (Å²) in [7, 11) is 0. The largest absolute Gasteiger partial charge is 0.456 e. The first-order valence-electron chi connectivity index (χ1n) is 12.3. The van der Waals surface area contributed by atoms with Gasteiger partial charge in [-0.1, -0.05) is 72.8 Å². The van der Waals surface area contributed by atoms with E-state index in [0.29, 0.717) is 0 Å². The molecule has 0 radical (unpaired) electrons. The fourth-order valence-corrected chi connectivity index (χ4v) is 5.16. The molecule has 2 nitrogen and oxygen atoms in total. The molecule has 0 unspecified atom stereocenters. The van der Waals surface area contributed by atoms with Crippen LogP contribution in [0.4, 0.5) is 21.5 Å². The minimum absolute atomic E-state index is 0.232. The molecule has 6 aromatic carbocycles. The third kappa shape index (κ3) is 3.73. The summed E-state index contributed by atoms with van der Waals surface area (Å²) in [5, 5.41) is 2.33. The molecule has 0 saturated heterocycles. The summed E-state index contributed by atoms with van der Waals surface area (Å²) in [4.78, 5) is 2.22. The molecule has 3 heteroatoms. The smallest absolute Gasteiger partial charge is 0.137 e. The van der Waals surface area contributed by atoms with Crippen LogP contribution in [0.3, 0.4) is 0 Å². The summed E-state index contributed by atoms with van der Waals surface area (Å²) in [6, 6.07) is 44.2. The monoisotopic (exact) mass is 479 g/mol. The normalized spacial score (nSPS) is 11.6. The van der Waals surface area contributed by atoms with Gasteiger partial charge in [0.15, 0.2) is 0 Å². The maximum absolute atomic E-state index is 13.4. The van der Waals surface area contributed by atoms with E-state index < -0.39 is 0 Å². The zero-order valence-corrected chi connectivity index (χ0v) is 19.9. The van der Waals surface area contributed by atoms with Crippen molar-refractivity contribution in [3.63, 3.8) is 0 Å². The molecule has 0 spiro atoms. The van der Waals surface area contributed by atoms with E-state index in [-0.39, 0.29) is 5.82 Å². The van der Waals surface area contributed by atoms with E-state index in [4.69, 9.17) is 4.74 Å². The fraction of sp³-hybridized carbons (Fsp3) is 0. The Kier molecular flexibility index (Phi) is 5.00. The topological polar surface area (TPSA) is 12.5 Å². The second-order valence-electron chi connectivity index (χ2n) is 9.17. The number of ether oxygens (including phenoxy) is 1. The number of para-hydroxylation sites is 1. The van der Waals surface area contributed by atoms with E-state index in [2.05, 4.69) is 83.8 Å². The molecule has 0 aromatic heterocycles. The number of benzene rings is 6. The first kappa shape index (κ1) is 21.4. The molecule has 7 rings (SSSR count). The predicted octanol–water partition coefficient (Wildman–Crippen LogP) is 9.89. The maximum Gasteiger partial charge on any atom is 0.137 e.